The van der Waals surface area contributed by atoms with Gasteiger partial charge in [0.25, 0.3) is 0 Å². The Hall–Kier alpha value is -3.13. The molecule has 0 aliphatic rings. The fourth-order valence-corrected chi connectivity index (χ4v) is 4.16. The van der Waals surface area contributed by atoms with Crippen molar-refractivity contribution in [3.63, 3.8) is 0 Å². The van der Waals surface area contributed by atoms with Crippen molar-refractivity contribution in [3.05, 3.63) is 42.0 Å². The SMILES string of the molecule is CCCN(CCC[N+](C)(CCc1ccc(OC)c(OC)c1)c1ccc(OC)c(OC)c1)C(N)=O. The van der Waals surface area contributed by atoms with E-state index < -0.39 is 0 Å². The number of hydrogen-bond donors (Lipinski definition) is 1. The molecular weight excluding hydrogens is 434 g/mol. The number of amides is 2. The number of nitrogens with two attached hydrogens (primary N) is 1. The minimum absolute atomic E-state index is 0.368. The number of benzene rings is 2. The minimum Gasteiger partial charge on any atom is -0.493 e. The lowest BCUT2D eigenvalue weighted by Crippen LogP contribution is -2.49. The van der Waals surface area contributed by atoms with E-state index >= 15 is 0 Å². The molecule has 1 unspecified atom stereocenters. The average molecular weight is 475 g/mol. The van der Waals surface area contributed by atoms with Gasteiger partial charge in [0, 0.05) is 38.1 Å². The van der Waals surface area contributed by atoms with Crippen LogP contribution < -0.4 is 29.2 Å². The zero-order chi connectivity index (χ0) is 25.1. The van der Waals surface area contributed by atoms with Crippen molar-refractivity contribution < 1.29 is 23.7 Å². The fraction of sp³-hybridized carbons (Fsp3) is 0.500. The number of quaternary nitrogens is 1. The second kappa shape index (κ2) is 12.9. The molecule has 2 amide bonds. The molecule has 0 saturated heterocycles. The summed E-state index contributed by atoms with van der Waals surface area (Å²) < 4.78 is 22.5. The Morgan fingerprint density at radius 2 is 1.44 bits per heavy atom. The minimum atomic E-state index is -0.368. The standard InChI is InChI=1S/C26H39N3O5/c1-7-14-28(26(27)30)15-8-16-29(2,21-10-12-23(32-4)25(19-21)34-6)17-13-20-9-11-22(31-3)24(18-20)33-5/h9-12,18-19H,7-8,13-17H2,1-6H3,(H-,27,30)/p+1. The van der Waals surface area contributed by atoms with Gasteiger partial charge in [-0.1, -0.05) is 13.0 Å². The van der Waals surface area contributed by atoms with E-state index in [1.807, 2.05) is 31.2 Å². The molecule has 0 radical (unpaired) electrons. The summed E-state index contributed by atoms with van der Waals surface area (Å²) in [4.78, 5) is 13.5. The van der Waals surface area contributed by atoms with E-state index in [2.05, 4.69) is 19.2 Å². The molecule has 0 fully saturated rings. The van der Waals surface area contributed by atoms with Gasteiger partial charge >= 0.3 is 6.03 Å². The van der Waals surface area contributed by atoms with E-state index in [1.54, 1.807) is 33.3 Å². The van der Waals surface area contributed by atoms with E-state index in [1.165, 1.54) is 0 Å². The third kappa shape index (κ3) is 6.93. The van der Waals surface area contributed by atoms with Gasteiger partial charge in [0.05, 0.1) is 48.6 Å². The number of rotatable bonds is 14. The summed E-state index contributed by atoms with van der Waals surface area (Å²) in [6, 6.07) is 11.7. The lowest BCUT2D eigenvalue weighted by molar-refractivity contribution is 0.203. The number of nitrogens with zero attached hydrogens (tertiary/aromatic N) is 2. The van der Waals surface area contributed by atoms with Crippen LogP contribution in [-0.4, -0.2) is 72.6 Å². The van der Waals surface area contributed by atoms with Gasteiger partial charge in [-0.15, -0.1) is 0 Å². The molecule has 2 aromatic carbocycles. The Labute approximate surface area is 203 Å². The quantitative estimate of drug-likeness (QED) is 0.417. The number of primary amides is 1. The molecule has 0 aromatic heterocycles. The zero-order valence-electron chi connectivity index (χ0n) is 21.4. The summed E-state index contributed by atoms with van der Waals surface area (Å²) in [7, 11) is 8.76. The molecule has 2 rings (SSSR count). The molecular formula is C26H40N3O5+. The van der Waals surface area contributed by atoms with E-state index in [0.717, 1.165) is 49.4 Å². The molecule has 34 heavy (non-hydrogen) atoms. The van der Waals surface area contributed by atoms with Crippen molar-refractivity contribution in [2.75, 3.05) is 61.7 Å². The lowest BCUT2D eigenvalue weighted by atomic mass is 10.1. The highest BCUT2D eigenvalue weighted by Gasteiger charge is 2.27. The van der Waals surface area contributed by atoms with Crippen LogP contribution in [0.4, 0.5) is 10.5 Å². The molecule has 1 atom stereocenters. The first kappa shape index (κ1) is 27.1. The molecule has 0 aliphatic carbocycles. The molecule has 8 nitrogen and oxygen atoms in total. The van der Waals surface area contributed by atoms with Crippen molar-refractivity contribution >= 4 is 11.7 Å². The number of carbonyl (C=O) groups excluding carboxylic acids is 1. The summed E-state index contributed by atoms with van der Waals surface area (Å²) in [6.45, 7) is 5.01. The highest BCUT2D eigenvalue weighted by Crippen LogP contribution is 2.34. The number of carbonyl (C=O) groups is 1. The third-order valence-electron chi connectivity index (χ3n) is 6.22. The van der Waals surface area contributed by atoms with Crippen LogP contribution in [0.5, 0.6) is 23.0 Å². The molecule has 2 aromatic rings. The van der Waals surface area contributed by atoms with Gasteiger partial charge in [-0.05, 0) is 30.2 Å². The first-order chi connectivity index (χ1) is 16.3. The normalized spacial score (nSPS) is 12.5. The molecule has 0 bridgehead atoms. The van der Waals surface area contributed by atoms with Gasteiger partial charge < -0.3 is 29.6 Å². The second-order valence-electron chi connectivity index (χ2n) is 8.50. The van der Waals surface area contributed by atoms with Gasteiger partial charge in [0.1, 0.15) is 5.69 Å². The van der Waals surface area contributed by atoms with Crippen molar-refractivity contribution in [3.8, 4) is 23.0 Å². The number of urea groups is 1. The molecule has 0 spiro atoms. The number of ether oxygens (including phenoxy) is 4. The van der Waals surface area contributed by atoms with Crippen LogP contribution >= 0.6 is 0 Å². The van der Waals surface area contributed by atoms with Crippen LogP contribution in [0, 0.1) is 0 Å². The van der Waals surface area contributed by atoms with E-state index in [4.69, 9.17) is 24.7 Å². The van der Waals surface area contributed by atoms with Crippen LogP contribution in [0.1, 0.15) is 25.3 Å². The van der Waals surface area contributed by atoms with Gasteiger partial charge in [0.15, 0.2) is 23.0 Å². The van der Waals surface area contributed by atoms with Gasteiger partial charge in [-0.25, -0.2) is 4.79 Å². The Balaban J connectivity index is 2.28. The zero-order valence-corrected chi connectivity index (χ0v) is 21.4. The van der Waals surface area contributed by atoms with Crippen LogP contribution in [-0.2, 0) is 6.42 Å². The first-order valence-corrected chi connectivity index (χ1v) is 11.6. The van der Waals surface area contributed by atoms with Crippen molar-refractivity contribution in [1.82, 2.24) is 9.38 Å². The van der Waals surface area contributed by atoms with Crippen molar-refractivity contribution in [2.24, 2.45) is 5.73 Å². The van der Waals surface area contributed by atoms with E-state index in [9.17, 15) is 4.79 Å². The maximum atomic E-state index is 11.8. The van der Waals surface area contributed by atoms with Crippen molar-refractivity contribution in [1.29, 1.82) is 0 Å². The van der Waals surface area contributed by atoms with Gasteiger partial charge in [0.2, 0.25) is 0 Å². The van der Waals surface area contributed by atoms with Gasteiger partial charge in [-0.3, -0.25) is 4.48 Å². The molecule has 0 aliphatic heterocycles. The first-order valence-electron chi connectivity index (χ1n) is 11.6. The summed E-state index contributed by atoms with van der Waals surface area (Å²) in [5, 5.41) is 0. The van der Waals surface area contributed by atoms with E-state index in [0.29, 0.717) is 34.8 Å². The predicted molar refractivity (Wildman–Crippen MR) is 136 cm³/mol. The van der Waals surface area contributed by atoms with Crippen LogP contribution in [0.15, 0.2) is 36.4 Å². The predicted octanol–water partition coefficient (Wildman–Crippen LogP) is 4.08. The van der Waals surface area contributed by atoms with Crippen molar-refractivity contribution in [2.45, 2.75) is 26.2 Å². The molecule has 0 saturated carbocycles. The highest BCUT2D eigenvalue weighted by molar-refractivity contribution is 5.71. The Bertz CT molecular complexity index is 937. The fourth-order valence-electron chi connectivity index (χ4n) is 4.16. The molecule has 0 heterocycles. The number of methoxy groups -OCH3 is 4. The molecule has 8 heteroatoms. The highest BCUT2D eigenvalue weighted by atomic mass is 16.5. The van der Waals surface area contributed by atoms with Crippen LogP contribution in [0.2, 0.25) is 0 Å². The average Bonchev–Trinajstić information content (AvgIpc) is 2.86. The summed E-state index contributed by atoms with van der Waals surface area (Å²) in [5.74, 6) is 2.82. The lowest BCUT2D eigenvalue weighted by Gasteiger charge is -2.35. The monoisotopic (exact) mass is 474 g/mol. The van der Waals surface area contributed by atoms with Gasteiger partial charge in [-0.2, -0.15) is 0 Å². The number of likely N-dealkylation sites (N-methyl/N-ethyl adjacent to an activating group) is 1. The van der Waals surface area contributed by atoms with Crippen LogP contribution in [0.3, 0.4) is 0 Å². The summed E-state index contributed by atoms with van der Waals surface area (Å²) in [5.41, 5.74) is 7.84. The third-order valence-corrected chi connectivity index (χ3v) is 6.22. The maximum absolute atomic E-state index is 11.8. The smallest absolute Gasteiger partial charge is 0.314 e. The molecule has 188 valence electrons. The largest absolute Gasteiger partial charge is 0.493 e. The second-order valence-corrected chi connectivity index (χ2v) is 8.50. The summed E-state index contributed by atoms with van der Waals surface area (Å²) in [6.07, 6.45) is 2.53. The summed E-state index contributed by atoms with van der Waals surface area (Å²) >= 11 is 0. The Morgan fingerprint density at radius 1 is 0.853 bits per heavy atom. The topological polar surface area (TPSA) is 83.2 Å². The Kier molecular flexibility index (Phi) is 10.3. The maximum Gasteiger partial charge on any atom is 0.314 e. The Morgan fingerprint density at radius 3 is 2.00 bits per heavy atom. The van der Waals surface area contributed by atoms with E-state index in [-0.39, 0.29) is 6.03 Å². The molecule has 2 N–H and O–H groups in total. The van der Waals surface area contributed by atoms with Crippen LogP contribution in [0.25, 0.3) is 0 Å². The number of hydrogen-bond acceptors (Lipinski definition) is 5.